The van der Waals surface area contributed by atoms with Gasteiger partial charge in [0.1, 0.15) is 0 Å². The summed E-state index contributed by atoms with van der Waals surface area (Å²) in [6, 6.07) is 0. The van der Waals surface area contributed by atoms with Gasteiger partial charge in [-0.05, 0) is 0 Å². The predicted octanol–water partition coefficient (Wildman–Crippen LogP) is -0.681. The van der Waals surface area contributed by atoms with E-state index in [9.17, 15) is 0 Å². The molecule has 0 heterocycles. The van der Waals surface area contributed by atoms with Crippen LogP contribution in [-0.2, 0) is 0 Å². The number of rotatable bonds is 3. The summed E-state index contributed by atoms with van der Waals surface area (Å²) in [6.45, 7) is 0. The molecule has 0 saturated heterocycles. The van der Waals surface area contributed by atoms with Gasteiger partial charge < -0.3 is 0 Å². The first kappa shape index (κ1) is 8.97. The van der Waals surface area contributed by atoms with E-state index in [-0.39, 0.29) is 0 Å². The van der Waals surface area contributed by atoms with Gasteiger partial charge in [0.2, 0.25) is 0 Å². The molecular weight excluding hydrogens is 232 g/mol. The Labute approximate surface area is 58.8 Å². The SMILES string of the molecule is C[NH][Sn]([Cl])([NH]C)[NH]C. The number of hydrogen-bond donors (Lipinski definition) is 3. The predicted molar refractivity (Wildman–Crippen MR) is 38.8 cm³/mol. The number of hydrogen-bond acceptors (Lipinski definition) is 3. The minimum absolute atomic E-state index is 1.86. The first-order valence-electron chi connectivity index (χ1n) is 2.44. The molecule has 0 aliphatic carbocycles. The van der Waals surface area contributed by atoms with Crippen LogP contribution in [0.5, 0.6) is 0 Å². The Morgan fingerprint density at radius 1 is 1.00 bits per heavy atom. The summed E-state index contributed by atoms with van der Waals surface area (Å²) in [7, 11) is 11.5. The molecule has 0 bridgehead atoms. The summed E-state index contributed by atoms with van der Waals surface area (Å²) in [4.78, 5) is 0. The molecule has 8 heavy (non-hydrogen) atoms. The number of nitrogens with one attached hydrogen (secondary N) is 3. The molecule has 0 aromatic carbocycles. The van der Waals surface area contributed by atoms with Crippen molar-refractivity contribution in [2.75, 3.05) is 21.1 Å². The average molecular weight is 244 g/mol. The summed E-state index contributed by atoms with van der Waals surface area (Å²) in [5.74, 6) is 0. The van der Waals surface area contributed by atoms with E-state index in [4.69, 9.17) is 8.92 Å². The molecule has 0 aliphatic heterocycles. The Bertz CT molecular complexity index is 57.3. The van der Waals surface area contributed by atoms with E-state index in [1.807, 2.05) is 21.1 Å². The first-order valence-corrected chi connectivity index (χ1v) is 10.3. The minimum atomic E-state index is -2.61. The zero-order chi connectivity index (χ0) is 6.62. The third-order valence-corrected chi connectivity index (χ3v) is 10.7. The van der Waals surface area contributed by atoms with Crippen molar-refractivity contribution in [2.24, 2.45) is 0 Å². The van der Waals surface area contributed by atoms with Crippen molar-refractivity contribution in [1.82, 2.24) is 10.6 Å². The van der Waals surface area contributed by atoms with Crippen molar-refractivity contribution in [1.29, 1.82) is 0 Å². The molecule has 0 atom stereocenters. The van der Waals surface area contributed by atoms with Gasteiger partial charge in [0.05, 0.1) is 0 Å². The Morgan fingerprint density at radius 2 is 1.25 bits per heavy atom. The Hall–Kier alpha value is 0.969. The van der Waals surface area contributed by atoms with E-state index in [1.54, 1.807) is 0 Å². The second kappa shape index (κ2) is 3.89. The van der Waals surface area contributed by atoms with Crippen LogP contribution in [0.25, 0.3) is 0 Å². The Balaban J connectivity index is 3.58. The van der Waals surface area contributed by atoms with Crippen LogP contribution < -0.4 is 10.6 Å². The quantitative estimate of drug-likeness (QED) is 0.576. The van der Waals surface area contributed by atoms with Crippen LogP contribution in [0.4, 0.5) is 0 Å². The summed E-state index contributed by atoms with van der Waals surface area (Å²) < 4.78 is 9.09. The van der Waals surface area contributed by atoms with Gasteiger partial charge in [0.15, 0.2) is 0 Å². The maximum absolute atomic E-state index is 5.97. The van der Waals surface area contributed by atoms with Crippen molar-refractivity contribution in [3.05, 3.63) is 0 Å². The molecule has 0 rings (SSSR count). The molecule has 0 aliphatic rings. The van der Waals surface area contributed by atoms with E-state index in [0.717, 1.165) is 0 Å². The third kappa shape index (κ3) is 2.50. The van der Waals surface area contributed by atoms with Crippen molar-refractivity contribution >= 4 is 27.0 Å². The second-order valence-corrected chi connectivity index (χ2v) is 13.3. The molecule has 5 heteroatoms. The summed E-state index contributed by atoms with van der Waals surface area (Å²) >= 11 is -2.61. The van der Waals surface area contributed by atoms with Crippen LogP contribution >= 0.6 is 8.92 Å². The second-order valence-electron chi connectivity index (χ2n) is 1.41. The first-order chi connectivity index (χ1) is 3.68. The fourth-order valence-electron chi connectivity index (χ4n) is 0.375. The van der Waals surface area contributed by atoms with Crippen LogP contribution in [0.1, 0.15) is 0 Å². The van der Waals surface area contributed by atoms with Crippen LogP contribution in [0.15, 0.2) is 0 Å². The topological polar surface area (TPSA) is 36.1 Å². The van der Waals surface area contributed by atoms with Gasteiger partial charge in [-0.2, -0.15) is 0 Å². The molecule has 0 radical (unpaired) electrons. The maximum atomic E-state index is 5.97. The fraction of sp³-hybridized carbons (Fsp3) is 1.00. The van der Waals surface area contributed by atoms with E-state index < -0.39 is 18.1 Å². The van der Waals surface area contributed by atoms with Crippen molar-refractivity contribution in [2.45, 2.75) is 0 Å². The van der Waals surface area contributed by atoms with Gasteiger partial charge in [-0.3, -0.25) is 0 Å². The van der Waals surface area contributed by atoms with Gasteiger partial charge >= 0.3 is 58.7 Å². The number of halogens is 1. The van der Waals surface area contributed by atoms with Crippen LogP contribution in [-0.4, -0.2) is 39.2 Å². The molecule has 0 spiro atoms. The third-order valence-electron chi connectivity index (χ3n) is 1.03. The van der Waals surface area contributed by atoms with Crippen LogP contribution in [0.3, 0.4) is 0 Å². The van der Waals surface area contributed by atoms with Gasteiger partial charge in [-0.1, -0.05) is 0 Å². The van der Waals surface area contributed by atoms with Crippen LogP contribution in [0.2, 0.25) is 0 Å². The van der Waals surface area contributed by atoms with Crippen molar-refractivity contribution < 1.29 is 0 Å². The molecule has 0 fully saturated rings. The summed E-state index contributed by atoms with van der Waals surface area (Å²) in [6.07, 6.45) is 0. The van der Waals surface area contributed by atoms with Gasteiger partial charge in [-0.15, -0.1) is 0 Å². The van der Waals surface area contributed by atoms with E-state index in [0.29, 0.717) is 0 Å². The standard InChI is InChI=1S/3CH4N.ClH.Sn/c3*1-2;;/h3*2H,1H3;1H;/q3*-1;;+4/p-1. The van der Waals surface area contributed by atoms with Crippen LogP contribution in [0, 0.1) is 0 Å². The molecule has 50 valence electrons. The van der Waals surface area contributed by atoms with Gasteiger partial charge in [0, 0.05) is 0 Å². The molecular formula is C3H12ClN3Sn. The van der Waals surface area contributed by atoms with Crippen molar-refractivity contribution in [3.63, 3.8) is 0 Å². The summed E-state index contributed by atoms with van der Waals surface area (Å²) in [5.41, 5.74) is 0. The zero-order valence-electron chi connectivity index (χ0n) is 5.38. The average Bonchev–Trinajstić information content (AvgIpc) is 1.87. The molecule has 0 unspecified atom stereocenters. The molecule has 0 saturated carbocycles. The van der Waals surface area contributed by atoms with E-state index in [1.165, 1.54) is 0 Å². The monoisotopic (exact) mass is 245 g/mol. The fourth-order valence-corrected chi connectivity index (χ4v) is 2.52. The Morgan fingerprint density at radius 3 is 1.25 bits per heavy atom. The zero-order valence-corrected chi connectivity index (χ0v) is 8.99. The van der Waals surface area contributed by atoms with Gasteiger partial charge in [0.25, 0.3) is 0 Å². The molecule has 0 amide bonds. The molecule has 3 N–H and O–H groups in total. The molecule has 0 aromatic rings. The normalized spacial score (nSPS) is 12.0. The van der Waals surface area contributed by atoms with Gasteiger partial charge in [-0.25, -0.2) is 0 Å². The van der Waals surface area contributed by atoms with E-state index >= 15 is 0 Å². The summed E-state index contributed by atoms with van der Waals surface area (Å²) in [5, 5.41) is 0. The Kier molecular flexibility index (Phi) is 4.37. The van der Waals surface area contributed by atoms with Crippen molar-refractivity contribution in [3.8, 4) is 0 Å². The molecule has 0 aromatic heterocycles. The molecule has 3 nitrogen and oxygen atoms in total. The van der Waals surface area contributed by atoms with E-state index in [2.05, 4.69) is 10.6 Å².